The molecule has 144 valence electrons. The maximum atomic E-state index is 12.3. The Kier molecular flexibility index (Phi) is 6.57. The third-order valence-corrected chi connectivity index (χ3v) is 4.60. The number of amides is 2. The molecule has 1 atom stereocenters. The number of hydrogen-bond donors (Lipinski definition) is 2. The van der Waals surface area contributed by atoms with Gasteiger partial charge in [0.15, 0.2) is 11.5 Å². The number of fused-ring (bicyclic) bond motifs is 1. The van der Waals surface area contributed by atoms with Crippen LogP contribution in [-0.2, 0) is 4.74 Å². The summed E-state index contributed by atoms with van der Waals surface area (Å²) in [5.74, 6) is 1.96. The second kappa shape index (κ2) is 9.09. The maximum absolute atomic E-state index is 12.3. The van der Waals surface area contributed by atoms with Crippen molar-refractivity contribution in [2.45, 2.75) is 26.3 Å². The molecule has 1 aromatic carbocycles. The fourth-order valence-electron chi connectivity index (χ4n) is 3.36. The molecular formula is C19H29N3O4. The molecule has 2 aliphatic rings. The van der Waals surface area contributed by atoms with E-state index < -0.39 is 0 Å². The molecule has 2 N–H and O–H groups in total. The van der Waals surface area contributed by atoms with Gasteiger partial charge < -0.3 is 24.8 Å². The highest BCUT2D eigenvalue weighted by molar-refractivity contribution is 5.89. The molecule has 0 aromatic heterocycles. The lowest BCUT2D eigenvalue weighted by Crippen LogP contribution is -2.49. The Morgan fingerprint density at radius 1 is 1.12 bits per heavy atom. The van der Waals surface area contributed by atoms with Crippen LogP contribution in [0.4, 0.5) is 10.5 Å². The highest BCUT2D eigenvalue weighted by atomic mass is 16.6. The molecule has 1 saturated heterocycles. The van der Waals surface area contributed by atoms with Crippen molar-refractivity contribution in [3.05, 3.63) is 18.2 Å². The summed E-state index contributed by atoms with van der Waals surface area (Å²) in [5.41, 5.74) is 0.693. The number of carbonyl (C=O) groups is 1. The summed E-state index contributed by atoms with van der Waals surface area (Å²) in [4.78, 5) is 14.7. The van der Waals surface area contributed by atoms with Gasteiger partial charge in [0.1, 0.15) is 13.2 Å². The van der Waals surface area contributed by atoms with Gasteiger partial charge in [-0.25, -0.2) is 4.79 Å². The van der Waals surface area contributed by atoms with Crippen LogP contribution < -0.4 is 20.1 Å². The van der Waals surface area contributed by atoms with Gasteiger partial charge in [0.2, 0.25) is 0 Å². The number of nitrogens with zero attached hydrogens (tertiary/aromatic N) is 1. The number of hydrogen-bond acceptors (Lipinski definition) is 5. The van der Waals surface area contributed by atoms with Crippen molar-refractivity contribution in [3.8, 4) is 11.5 Å². The highest BCUT2D eigenvalue weighted by Gasteiger charge is 2.22. The zero-order chi connectivity index (χ0) is 18.4. The molecule has 1 unspecified atom stereocenters. The molecule has 0 radical (unpaired) electrons. The maximum Gasteiger partial charge on any atom is 0.319 e. The summed E-state index contributed by atoms with van der Waals surface area (Å²) in [7, 11) is 0. The Morgan fingerprint density at radius 2 is 1.85 bits per heavy atom. The number of urea groups is 1. The van der Waals surface area contributed by atoms with Gasteiger partial charge in [-0.15, -0.1) is 0 Å². The second-order valence-electron chi connectivity index (χ2n) is 7.13. The van der Waals surface area contributed by atoms with Crippen LogP contribution in [0.25, 0.3) is 0 Å². The average molecular weight is 363 g/mol. The molecule has 26 heavy (non-hydrogen) atoms. The van der Waals surface area contributed by atoms with Gasteiger partial charge in [0.05, 0.1) is 13.2 Å². The van der Waals surface area contributed by atoms with Crippen LogP contribution in [0.3, 0.4) is 0 Å². The summed E-state index contributed by atoms with van der Waals surface area (Å²) in [5, 5.41) is 5.88. The van der Waals surface area contributed by atoms with Crippen LogP contribution in [0, 0.1) is 5.92 Å². The van der Waals surface area contributed by atoms with E-state index in [2.05, 4.69) is 29.4 Å². The average Bonchev–Trinajstić information content (AvgIpc) is 2.65. The summed E-state index contributed by atoms with van der Waals surface area (Å²) < 4.78 is 16.5. The van der Waals surface area contributed by atoms with Crippen molar-refractivity contribution < 1.29 is 19.0 Å². The number of carbonyl (C=O) groups excluding carboxylic acids is 1. The molecule has 0 saturated carbocycles. The van der Waals surface area contributed by atoms with Gasteiger partial charge in [0.25, 0.3) is 0 Å². The first-order valence-corrected chi connectivity index (χ1v) is 9.38. The van der Waals surface area contributed by atoms with Gasteiger partial charge in [0, 0.05) is 37.4 Å². The predicted octanol–water partition coefficient (Wildman–Crippen LogP) is 2.33. The Balaban J connectivity index is 1.52. The lowest BCUT2D eigenvalue weighted by atomic mass is 10.0. The lowest BCUT2D eigenvalue weighted by Gasteiger charge is -2.35. The SMILES string of the molecule is CC(C)CC(CNC(=O)Nc1ccc2c(c1)OCCO2)N1CCOCC1. The first-order chi connectivity index (χ1) is 12.6. The normalized spacial score (nSPS) is 18.4. The standard InChI is InChI=1S/C19H29N3O4/c1-14(2)11-16(22-5-7-24-8-6-22)13-20-19(23)21-15-3-4-17-18(12-15)26-10-9-25-17/h3-4,12,14,16H,5-11,13H2,1-2H3,(H2,20,21,23). The molecule has 2 heterocycles. The van der Waals surface area contributed by atoms with Gasteiger partial charge in [-0.05, 0) is 24.5 Å². The Labute approximate surface area is 155 Å². The van der Waals surface area contributed by atoms with Gasteiger partial charge in [-0.2, -0.15) is 0 Å². The van der Waals surface area contributed by atoms with Crippen LogP contribution in [0.5, 0.6) is 11.5 Å². The van der Waals surface area contributed by atoms with Crippen LogP contribution in [0.1, 0.15) is 20.3 Å². The molecule has 7 nitrogen and oxygen atoms in total. The van der Waals surface area contributed by atoms with Crippen LogP contribution >= 0.6 is 0 Å². The molecule has 2 amide bonds. The monoisotopic (exact) mass is 363 g/mol. The number of rotatable bonds is 6. The van der Waals surface area contributed by atoms with Crippen molar-refractivity contribution in [2.75, 3.05) is 51.4 Å². The van der Waals surface area contributed by atoms with Crippen LogP contribution in [0.2, 0.25) is 0 Å². The lowest BCUT2D eigenvalue weighted by molar-refractivity contribution is 0.0130. The predicted molar refractivity (Wildman–Crippen MR) is 100 cm³/mol. The molecule has 2 aliphatic heterocycles. The summed E-state index contributed by atoms with van der Waals surface area (Å²) in [6.45, 7) is 9.49. The summed E-state index contributed by atoms with van der Waals surface area (Å²) in [6.07, 6.45) is 1.05. The molecule has 1 aromatic rings. The van der Waals surface area contributed by atoms with Gasteiger partial charge >= 0.3 is 6.03 Å². The van der Waals surface area contributed by atoms with Crippen molar-refractivity contribution >= 4 is 11.7 Å². The van der Waals surface area contributed by atoms with E-state index in [4.69, 9.17) is 14.2 Å². The topological polar surface area (TPSA) is 72.1 Å². The molecule has 3 rings (SSSR count). The Hall–Kier alpha value is -1.99. The van der Waals surface area contributed by atoms with E-state index in [-0.39, 0.29) is 6.03 Å². The molecule has 0 bridgehead atoms. The van der Waals surface area contributed by atoms with E-state index in [0.29, 0.717) is 48.9 Å². The number of morpholine rings is 1. The van der Waals surface area contributed by atoms with E-state index in [1.165, 1.54) is 0 Å². The zero-order valence-corrected chi connectivity index (χ0v) is 15.6. The number of nitrogens with one attached hydrogen (secondary N) is 2. The minimum Gasteiger partial charge on any atom is -0.486 e. The molecular weight excluding hydrogens is 334 g/mol. The molecule has 0 aliphatic carbocycles. The van der Waals surface area contributed by atoms with Crippen molar-refractivity contribution in [1.29, 1.82) is 0 Å². The minimum absolute atomic E-state index is 0.205. The van der Waals surface area contributed by atoms with Crippen molar-refractivity contribution in [1.82, 2.24) is 10.2 Å². The third-order valence-electron chi connectivity index (χ3n) is 4.60. The fourth-order valence-corrected chi connectivity index (χ4v) is 3.36. The quantitative estimate of drug-likeness (QED) is 0.812. The fraction of sp³-hybridized carbons (Fsp3) is 0.632. The van der Waals surface area contributed by atoms with Crippen molar-refractivity contribution in [2.24, 2.45) is 5.92 Å². The molecule has 1 fully saturated rings. The smallest absolute Gasteiger partial charge is 0.319 e. The Morgan fingerprint density at radius 3 is 2.58 bits per heavy atom. The number of anilines is 1. The first-order valence-electron chi connectivity index (χ1n) is 9.38. The number of ether oxygens (including phenoxy) is 3. The van der Waals surface area contributed by atoms with E-state index in [1.54, 1.807) is 6.07 Å². The third kappa shape index (κ3) is 5.25. The van der Waals surface area contributed by atoms with Crippen molar-refractivity contribution in [3.63, 3.8) is 0 Å². The van der Waals surface area contributed by atoms with E-state index >= 15 is 0 Å². The van der Waals surface area contributed by atoms with Crippen LogP contribution in [-0.4, -0.2) is 63.0 Å². The Bertz CT molecular complexity index is 602. The second-order valence-corrected chi connectivity index (χ2v) is 7.13. The van der Waals surface area contributed by atoms with E-state index in [1.807, 2.05) is 12.1 Å². The largest absolute Gasteiger partial charge is 0.486 e. The summed E-state index contributed by atoms with van der Waals surface area (Å²) >= 11 is 0. The van der Waals surface area contributed by atoms with Crippen LogP contribution in [0.15, 0.2) is 18.2 Å². The van der Waals surface area contributed by atoms with E-state index in [0.717, 1.165) is 32.7 Å². The highest BCUT2D eigenvalue weighted by Crippen LogP contribution is 2.32. The molecule has 0 spiro atoms. The van der Waals surface area contributed by atoms with Gasteiger partial charge in [-0.1, -0.05) is 13.8 Å². The van der Waals surface area contributed by atoms with E-state index in [9.17, 15) is 4.79 Å². The minimum atomic E-state index is -0.205. The first kappa shape index (κ1) is 18.8. The zero-order valence-electron chi connectivity index (χ0n) is 15.6. The summed E-state index contributed by atoms with van der Waals surface area (Å²) in [6, 6.07) is 5.55. The number of benzene rings is 1. The van der Waals surface area contributed by atoms with Gasteiger partial charge in [-0.3, -0.25) is 4.90 Å². The molecule has 7 heteroatoms.